The highest BCUT2D eigenvalue weighted by Gasteiger charge is 2.19. The van der Waals surface area contributed by atoms with E-state index in [4.69, 9.17) is 0 Å². The van der Waals surface area contributed by atoms with Crippen molar-refractivity contribution < 1.29 is 4.79 Å². The Balaban J connectivity index is 1.74. The second kappa shape index (κ2) is 6.95. The fraction of sp³-hybridized carbons (Fsp3) is 0.400. The lowest BCUT2D eigenvalue weighted by molar-refractivity contribution is 0.146. The first-order valence-corrected chi connectivity index (χ1v) is 6.69. The Morgan fingerprint density at radius 3 is 2.53 bits per heavy atom. The SMILES string of the molecule is C=CCN1CCN(C(=O)NCc2ccccc2)CC1. The third-order valence-corrected chi connectivity index (χ3v) is 3.33. The third-order valence-electron chi connectivity index (χ3n) is 3.33. The molecule has 0 atom stereocenters. The van der Waals surface area contributed by atoms with Gasteiger partial charge >= 0.3 is 6.03 Å². The van der Waals surface area contributed by atoms with Crippen LogP contribution in [-0.2, 0) is 6.54 Å². The number of hydrogen-bond donors (Lipinski definition) is 1. The van der Waals surface area contributed by atoms with Gasteiger partial charge in [0.15, 0.2) is 0 Å². The monoisotopic (exact) mass is 259 g/mol. The van der Waals surface area contributed by atoms with E-state index >= 15 is 0 Å². The minimum absolute atomic E-state index is 0.0297. The quantitative estimate of drug-likeness (QED) is 0.835. The molecule has 0 unspecified atom stereocenters. The standard InChI is InChI=1S/C15H21N3O/c1-2-8-17-9-11-18(12-10-17)15(19)16-13-14-6-4-3-5-7-14/h2-7H,1,8-13H2,(H,16,19). The first-order valence-electron chi connectivity index (χ1n) is 6.69. The Kier molecular flexibility index (Phi) is 4.98. The number of rotatable bonds is 4. The van der Waals surface area contributed by atoms with Crippen LogP contribution in [-0.4, -0.2) is 48.6 Å². The Labute approximate surface area is 114 Å². The molecule has 0 aromatic heterocycles. The van der Waals surface area contributed by atoms with Gasteiger partial charge in [-0.2, -0.15) is 0 Å². The molecule has 1 aliphatic heterocycles. The first kappa shape index (κ1) is 13.6. The molecule has 2 rings (SSSR count). The molecule has 1 saturated heterocycles. The van der Waals surface area contributed by atoms with Crippen molar-refractivity contribution in [3.63, 3.8) is 0 Å². The molecule has 1 aromatic rings. The summed E-state index contributed by atoms with van der Waals surface area (Å²) in [6, 6.07) is 10.0. The van der Waals surface area contributed by atoms with Gasteiger partial charge in [0, 0.05) is 39.3 Å². The molecule has 0 radical (unpaired) electrons. The van der Waals surface area contributed by atoms with Gasteiger partial charge < -0.3 is 10.2 Å². The fourth-order valence-electron chi connectivity index (χ4n) is 2.20. The molecular weight excluding hydrogens is 238 g/mol. The Hall–Kier alpha value is -1.81. The smallest absolute Gasteiger partial charge is 0.317 e. The van der Waals surface area contributed by atoms with Gasteiger partial charge in [-0.1, -0.05) is 36.4 Å². The number of carbonyl (C=O) groups is 1. The molecule has 1 fully saturated rings. The summed E-state index contributed by atoms with van der Waals surface area (Å²) in [7, 11) is 0. The predicted octanol–water partition coefficient (Wildman–Crippen LogP) is 1.70. The fourth-order valence-corrected chi connectivity index (χ4v) is 2.20. The van der Waals surface area contributed by atoms with E-state index in [9.17, 15) is 4.79 Å². The number of nitrogens with zero attached hydrogens (tertiary/aromatic N) is 2. The summed E-state index contributed by atoms with van der Waals surface area (Å²) in [6.07, 6.45) is 1.91. The summed E-state index contributed by atoms with van der Waals surface area (Å²) >= 11 is 0. The van der Waals surface area contributed by atoms with Crippen LogP contribution in [0.2, 0.25) is 0 Å². The van der Waals surface area contributed by atoms with E-state index in [1.807, 2.05) is 41.3 Å². The van der Waals surface area contributed by atoms with Crippen molar-refractivity contribution >= 4 is 6.03 Å². The summed E-state index contributed by atoms with van der Waals surface area (Å²) in [6.45, 7) is 8.64. The summed E-state index contributed by atoms with van der Waals surface area (Å²) in [5, 5.41) is 2.96. The van der Waals surface area contributed by atoms with Gasteiger partial charge in [0.2, 0.25) is 0 Å². The van der Waals surface area contributed by atoms with E-state index in [-0.39, 0.29) is 6.03 Å². The van der Waals surface area contributed by atoms with Gasteiger partial charge in [0.25, 0.3) is 0 Å². The van der Waals surface area contributed by atoms with Crippen molar-refractivity contribution in [2.24, 2.45) is 0 Å². The van der Waals surface area contributed by atoms with E-state index in [2.05, 4.69) is 16.8 Å². The molecule has 4 heteroatoms. The van der Waals surface area contributed by atoms with Crippen molar-refractivity contribution in [2.45, 2.75) is 6.54 Å². The molecule has 0 saturated carbocycles. The lowest BCUT2D eigenvalue weighted by Crippen LogP contribution is -2.51. The van der Waals surface area contributed by atoms with Crippen LogP contribution in [0.25, 0.3) is 0 Å². The molecular formula is C15H21N3O. The molecule has 1 heterocycles. The number of piperazine rings is 1. The summed E-state index contributed by atoms with van der Waals surface area (Å²) in [5.74, 6) is 0. The summed E-state index contributed by atoms with van der Waals surface area (Å²) in [4.78, 5) is 16.2. The average molecular weight is 259 g/mol. The average Bonchev–Trinajstić information content (AvgIpc) is 2.47. The maximum Gasteiger partial charge on any atom is 0.317 e. The number of amides is 2. The zero-order valence-electron chi connectivity index (χ0n) is 11.2. The van der Waals surface area contributed by atoms with E-state index in [1.165, 1.54) is 0 Å². The molecule has 19 heavy (non-hydrogen) atoms. The van der Waals surface area contributed by atoms with Gasteiger partial charge in [-0.3, -0.25) is 4.90 Å². The molecule has 0 aliphatic carbocycles. The van der Waals surface area contributed by atoms with Gasteiger partial charge in [-0.15, -0.1) is 6.58 Å². The largest absolute Gasteiger partial charge is 0.334 e. The van der Waals surface area contributed by atoms with E-state index in [0.717, 1.165) is 38.3 Å². The molecule has 1 N–H and O–H groups in total. The van der Waals surface area contributed by atoms with E-state index in [0.29, 0.717) is 6.54 Å². The Morgan fingerprint density at radius 1 is 1.21 bits per heavy atom. The zero-order valence-corrected chi connectivity index (χ0v) is 11.2. The van der Waals surface area contributed by atoms with E-state index in [1.54, 1.807) is 0 Å². The molecule has 2 amide bonds. The van der Waals surface area contributed by atoms with Crippen LogP contribution in [0.4, 0.5) is 4.79 Å². The van der Waals surface area contributed by atoms with Crippen LogP contribution in [0.15, 0.2) is 43.0 Å². The third kappa shape index (κ3) is 4.10. The van der Waals surface area contributed by atoms with Crippen molar-refractivity contribution in [3.05, 3.63) is 48.6 Å². The number of carbonyl (C=O) groups excluding carboxylic acids is 1. The van der Waals surface area contributed by atoms with Crippen LogP contribution in [0.3, 0.4) is 0 Å². The minimum atomic E-state index is 0.0297. The first-order chi connectivity index (χ1) is 9.29. The second-order valence-corrected chi connectivity index (χ2v) is 4.72. The Bertz CT molecular complexity index is 411. The van der Waals surface area contributed by atoms with Gasteiger partial charge in [0.1, 0.15) is 0 Å². The lowest BCUT2D eigenvalue weighted by atomic mass is 10.2. The molecule has 0 bridgehead atoms. The highest BCUT2D eigenvalue weighted by molar-refractivity contribution is 5.74. The highest BCUT2D eigenvalue weighted by Crippen LogP contribution is 2.03. The van der Waals surface area contributed by atoms with Gasteiger partial charge in [0.05, 0.1) is 0 Å². The van der Waals surface area contributed by atoms with Crippen LogP contribution < -0.4 is 5.32 Å². The molecule has 1 aliphatic rings. The van der Waals surface area contributed by atoms with Crippen molar-refractivity contribution in [3.8, 4) is 0 Å². The number of nitrogens with one attached hydrogen (secondary N) is 1. The summed E-state index contributed by atoms with van der Waals surface area (Å²) < 4.78 is 0. The number of hydrogen-bond acceptors (Lipinski definition) is 2. The Morgan fingerprint density at radius 2 is 1.89 bits per heavy atom. The van der Waals surface area contributed by atoms with Crippen molar-refractivity contribution in [1.29, 1.82) is 0 Å². The number of benzene rings is 1. The zero-order chi connectivity index (χ0) is 13.5. The minimum Gasteiger partial charge on any atom is -0.334 e. The van der Waals surface area contributed by atoms with Crippen molar-refractivity contribution in [1.82, 2.24) is 15.1 Å². The topological polar surface area (TPSA) is 35.6 Å². The predicted molar refractivity (Wildman–Crippen MR) is 76.9 cm³/mol. The lowest BCUT2D eigenvalue weighted by Gasteiger charge is -2.34. The van der Waals surface area contributed by atoms with Crippen LogP contribution in [0.5, 0.6) is 0 Å². The van der Waals surface area contributed by atoms with Gasteiger partial charge in [-0.05, 0) is 5.56 Å². The maximum atomic E-state index is 12.0. The van der Waals surface area contributed by atoms with E-state index < -0.39 is 0 Å². The van der Waals surface area contributed by atoms with Gasteiger partial charge in [-0.25, -0.2) is 4.79 Å². The molecule has 102 valence electrons. The normalized spacial score (nSPS) is 16.1. The maximum absolute atomic E-state index is 12.0. The summed E-state index contributed by atoms with van der Waals surface area (Å²) in [5.41, 5.74) is 1.13. The van der Waals surface area contributed by atoms with Crippen LogP contribution in [0, 0.1) is 0 Å². The second-order valence-electron chi connectivity index (χ2n) is 4.72. The van der Waals surface area contributed by atoms with Crippen molar-refractivity contribution in [2.75, 3.05) is 32.7 Å². The molecule has 1 aromatic carbocycles. The molecule has 4 nitrogen and oxygen atoms in total. The highest BCUT2D eigenvalue weighted by atomic mass is 16.2. The number of urea groups is 1. The molecule has 0 spiro atoms. The van der Waals surface area contributed by atoms with Crippen LogP contribution in [0.1, 0.15) is 5.56 Å². The van der Waals surface area contributed by atoms with Crippen LogP contribution >= 0.6 is 0 Å².